The van der Waals surface area contributed by atoms with Gasteiger partial charge in [0, 0.05) is 19.2 Å². The summed E-state index contributed by atoms with van der Waals surface area (Å²) < 4.78 is 17.3. The Morgan fingerprint density at radius 1 is 0.814 bits per heavy atom. The number of aryl methyl sites for hydroxylation is 2. The first-order chi connectivity index (χ1) is 20.9. The van der Waals surface area contributed by atoms with Crippen LogP contribution in [0.1, 0.15) is 39.4 Å². The molecular formula is C36H35NO6. The summed E-state index contributed by atoms with van der Waals surface area (Å²) in [5.41, 5.74) is 5.11. The molecule has 0 saturated carbocycles. The van der Waals surface area contributed by atoms with E-state index >= 15 is 0 Å². The fourth-order valence-corrected chi connectivity index (χ4v) is 5.12. The Morgan fingerprint density at radius 3 is 2.26 bits per heavy atom. The molecule has 4 aromatic carbocycles. The first-order valence-corrected chi connectivity index (χ1v) is 14.2. The van der Waals surface area contributed by atoms with Gasteiger partial charge in [-0.15, -0.1) is 0 Å². The highest BCUT2D eigenvalue weighted by Crippen LogP contribution is 2.40. The summed E-state index contributed by atoms with van der Waals surface area (Å²) >= 11 is 0. The van der Waals surface area contributed by atoms with E-state index in [0.717, 1.165) is 16.7 Å². The molecule has 220 valence electrons. The van der Waals surface area contributed by atoms with Crippen molar-refractivity contribution in [3.05, 3.63) is 136 Å². The van der Waals surface area contributed by atoms with Crippen LogP contribution in [0.3, 0.4) is 0 Å². The number of nitrogens with zero attached hydrogens (tertiary/aromatic N) is 1. The van der Waals surface area contributed by atoms with Gasteiger partial charge in [-0.3, -0.25) is 9.59 Å². The fraction of sp³-hybridized carbons (Fsp3) is 0.222. The van der Waals surface area contributed by atoms with Gasteiger partial charge in [0.25, 0.3) is 11.7 Å². The van der Waals surface area contributed by atoms with Crippen molar-refractivity contribution < 1.29 is 28.9 Å². The third-order valence-electron chi connectivity index (χ3n) is 7.46. The van der Waals surface area contributed by atoms with E-state index in [2.05, 4.69) is 0 Å². The fourth-order valence-electron chi connectivity index (χ4n) is 5.12. The molecule has 1 amide bonds. The highest BCUT2D eigenvalue weighted by molar-refractivity contribution is 6.46. The minimum atomic E-state index is -0.813. The minimum absolute atomic E-state index is 0.0224. The maximum absolute atomic E-state index is 13.4. The largest absolute Gasteiger partial charge is 0.507 e. The van der Waals surface area contributed by atoms with Crippen LogP contribution < -0.4 is 9.47 Å². The van der Waals surface area contributed by atoms with Crippen LogP contribution in [0.4, 0.5) is 0 Å². The molecule has 0 radical (unpaired) electrons. The monoisotopic (exact) mass is 577 g/mol. The number of ether oxygens (including phenoxy) is 3. The van der Waals surface area contributed by atoms with Crippen molar-refractivity contribution >= 4 is 17.4 Å². The van der Waals surface area contributed by atoms with Crippen molar-refractivity contribution in [3.8, 4) is 11.5 Å². The van der Waals surface area contributed by atoms with Crippen LogP contribution in [0.2, 0.25) is 0 Å². The molecule has 1 unspecified atom stereocenters. The van der Waals surface area contributed by atoms with E-state index in [1.54, 1.807) is 18.2 Å². The zero-order chi connectivity index (χ0) is 30.3. The molecule has 43 heavy (non-hydrogen) atoms. The first kappa shape index (κ1) is 29.6. The molecule has 0 bridgehead atoms. The van der Waals surface area contributed by atoms with Crippen molar-refractivity contribution in [2.45, 2.75) is 33.1 Å². The van der Waals surface area contributed by atoms with Gasteiger partial charge in [0.05, 0.1) is 18.2 Å². The van der Waals surface area contributed by atoms with Crippen LogP contribution in [-0.4, -0.2) is 42.0 Å². The molecule has 1 N–H and O–H groups in total. The average molecular weight is 578 g/mol. The van der Waals surface area contributed by atoms with Gasteiger partial charge in [-0.1, -0.05) is 72.3 Å². The summed E-state index contributed by atoms with van der Waals surface area (Å²) in [5, 5.41) is 11.5. The number of methoxy groups -OCH3 is 1. The molecule has 0 spiro atoms. The number of carbonyl (C=O) groups is 2. The van der Waals surface area contributed by atoms with Crippen molar-refractivity contribution in [2.24, 2.45) is 0 Å². The van der Waals surface area contributed by atoms with Gasteiger partial charge in [0.1, 0.15) is 30.5 Å². The second kappa shape index (κ2) is 13.4. The third kappa shape index (κ3) is 6.79. The molecule has 1 aliphatic heterocycles. The summed E-state index contributed by atoms with van der Waals surface area (Å²) in [4.78, 5) is 28.1. The number of amides is 1. The third-order valence-corrected chi connectivity index (χ3v) is 7.46. The van der Waals surface area contributed by atoms with Gasteiger partial charge in [-0.2, -0.15) is 0 Å². The minimum Gasteiger partial charge on any atom is -0.507 e. The zero-order valence-corrected chi connectivity index (χ0v) is 24.6. The molecule has 1 saturated heterocycles. The van der Waals surface area contributed by atoms with Gasteiger partial charge in [-0.05, 0) is 66.4 Å². The molecule has 5 rings (SSSR count). The molecule has 7 heteroatoms. The summed E-state index contributed by atoms with van der Waals surface area (Å²) in [5.74, 6) is -0.421. The number of rotatable bonds is 11. The SMILES string of the molecule is COCCN1C(=O)C(=O)/C(=C(/O)c2ccc(OCc3ccccc3)c(C)c2)C1c1cccc(OCc2ccc(C)cc2)c1. The number of hydrogen-bond acceptors (Lipinski definition) is 6. The number of benzene rings is 4. The van der Waals surface area contributed by atoms with Crippen molar-refractivity contribution in [1.29, 1.82) is 0 Å². The van der Waals surface area contributed by atoms with Gasteiger partial charge in [0.2, 0.25) is 0 Å². The Hall–Kier alpha value is -4.88. The van der Waals surface area contributed by atoms with E-state index < -0.39 is 17.7 Å². The van der Waals surface area contributed by atoms with E-state index in [4.69, 9.17) is 14.2 Å². The molecule has 1 fully saturated rings. The molecule has 1 atom stereocenters. The van der Waals surface area contributed by atoms with Gasteiger partial charge >= 0.3 is 0 Å². The number of aliphatic hydroxyl groups is 1. The van der Waals surface area contributed by atoms with Crippen LogP contribution in [0.25, 0.3) is 5.76 Å². The Balaban J connectivity index is 1.45. The first-order valence-electron chi connectivity index (χ1n) is 14.2. The second-order valence-corrected chi connectivity index (χ2v) is 10.6. The topological polar surface area (TPSA) is 85.3 Å². The van der Waals surface area contributed by atoms with Crippen LogP contribution in [0.5, 0.6) is 11.5 Å². The summed E-state index contributed by atoms with van der Waals surface area (Å²) in [7, 11) is 1.54. The highest BCUT2D eigenvalue weighted by atomic mass is 16.5. The number of Topliss-reactive ketones (excluding diaryl/α,β-unsaturated/α-hetero) is 1. The lowest BCUT2D eigenvalue weighted by atomic mass is 9.94. The van der Waals surface area contributed by atoms with Gasteiger partial charge in [-0.25, -0.2) is 0 Å². The molecule has 7 nitrogen and oxygen atoms in total. The lowest BCUT2D eigenvalue weighted by molar-refractivity contribution is -0.140. The second-order valence-electron chi connectivity index (χ2n) is 10.6. The van der Waals surface area contributed by atoms with E-state index in [0.29, 0.717) is 35.8 Å². The van der Waals surface area contributed by atoms with Gasteiger partial charge < -0.3 is 24.2 Å². The lowest BCUT2D eigenvalue weighted by Crippen LogP contribution is -2.32. The normalized spacial score (nSPS) is 16.0. The Labute approximate surface area is 252 Å². The highest BCUT2D eigenvalue weighted by Gasteiger charge is 2.46. The predicted octanol–water partition coefficient (Wildman–Crippen LogP) is 6.53. The number of hydrogen-bond donors (Lipinski definition) is 1. The number of carbonyl (C=O) groups excluding carboxylic acids is 2. The smallest absolute Gasteiger partial charge is 0.295 e. The molecule has 0 aromatic heterocycles. The van der Waals surface area contributed by atoms with E-state index in [-0.39, 0.29) is 24.5 Å². The zero-order valence-electron chi connectivity index (χ0n) is 24.6. The molecule has 0 aliphatic carbocycles. The van der Waals surface area contributed by atoms with Crippen molar-refractivity contribution in [2.75, 3.05) is 20.3 Å². The number of likely N-dealkylation sites (tertiary alicyclic amines) is 1. The Kier molecular flexibility index (Phi) is 9.23. The average Bonchev–Trinajstić information content (AvgIpc) is 3.28. The number of ketones is 1. The van der Waals surface area contributed by atoms with E-state index in [9.17, 15) is 14.7 Å². The number of aliphatic hydroxyl groups excluding tert-OH is 1. The molecule has 4 aromatic rings. The molecule has 1 heterocycles. The van der Waals surface area contributed by atoms with Crippen molar-refractivity contribution in [1.82, 2.24) is 4.90 Å². The summed E-state index contributed by atoms with van der Waals surface area (Å²) in [6.07, 6.45) is 0. The lowest BCUT2D eigenvalue weighted by Gasteiger charge is -2.25. The van der Waals surface area contributed by atoms with Crippen LogP contribution in [0.15, 0.2) is 103 Å². The van der Waals surface area contributed by atoms with E-state index in [1.165, 1.54) is 17.6 Å². The van der Waals surface area contributed by atoms with Crippen LogP contribution >= 0.6 is 0 Å². The van der Waals surface area contributed by atoms with Crippen molar-refractivity contribution in [3.63, 3.8) is 0 Å². The van der Waals surface area contributed by atoms with Gasteiger partial charge in [0.15, 0.2) is 0 Å². The maximum Gasteiger partial charge on any atom is 0.295 e. The van der Waals surface area contributed by atoms with Crippen LogP contribution in [0, 0.1) is 13.8 Å². The quantitative estimate of drug-likeness (QED) is 0.124. The Morgan fingerprint density at radius 2 is 1.53 bits per heavy atom. The maximum atomic E-state index is 13.4. The molecule has 1 aliphatic rings. The van der Waals surface area contributed by atoms with E-state index in [1.807, 2.05) is 92.7 Å². The summed E-state index contributed by atoms with van der Waals surface area (Å²) in [6, 6.07) is 29.6. The molecular weight excluding hydrogens is 542 g/mol. The standard InChI is InChI=1S/C36H35NO6/c1-24-12-14-27(15-13-24)22-42-30-11-7-10-28(21-30)33-32(35(39)36(40)37(33)18-19-41-3)34(38)29-16-17-31(25(2)20-29)43-23-26-8-5-4-6-9-26/h4-17,20-21,33,38H,18-19,22-23H2,1-3H3/b34-32+. The summed E-state index contributed by atoms with van der Waals surface area (Å²) in [6.45, 7) is 5.10. The van der Waals surface area contributed by atoms with Crippen LogP contribution in [-0.2, 0) is 27.5 Å². The Bertz CT molecular complexity index is 1630. The predicted molar refractivity (Wildman–Crippen MR) is 165 cm³/mol.